The van der Waals surface area contributed by atoms with E-state index < -0.39 is 29.6 Å². The van der Waals surface area contributed by atoms with Crippen molar-refractivity contribution in [3.8, 4) is 11.5 Å². The van der Waals surface area contributed by atoms with E-state index in [0.29, 0.717) is 24.8 Å². The molecule has 0 bridgehead atoms. The van der Waals surface area contributed by atoms with Crippen molar-refractivity contribution in [2.75, 3.05) is 20.3 Å². The van der Waals surface area contributed by atoms with Crippen molar-refractivity contribution in [3.05, 3.63) is 23.8 Å². The summed E-state index contributed by atoms with van der Waals surface area (Å²) in [5.41, 5.74) is 5.38. The SMILES string of the molecule is CCCCCC(=O)Oc1ccc(C[C@](N)(CCOC(=O)OCCC)C(=O)OC)cc1OC(=O)CCCCC. The van der Waals surface area contributed by atoms with Gasteiger partial charge in [-0.15, -0.1) is 0 Å². The molecule has 0 amide bonds. The second-order valence-electron chi connectivity index (χ2n) is 9.16. The zero-order chi connectivity index (χ0) is 28.4. The Morgan fingerprint density at radius 3 is 1.92 bits per heavy atom. The Bertz CT molecular complexity index is 902. The molecule has 0 aliphatic carbocycles. The summed E-state index contributed by atoms with van der Waals surface area (Å²) >= 11 is 0. The first-order valence-corrected chi connectivity index (χ1v) is 13.4. The molecule has 1 rings (SSSR count). The van der Waals surface area contributed by atoms with Gasteiger partial charge in [-0.2, -0.15) is 0 Å². The first-order chi connectivity index (χ1) is 18.2. The number of ether oxygens (including phenoxy) is 5. The van der Waals surface area contributed by atoms with Crippen LogP contribution < -0.4 is 15.2 Å². The summed E-state index contributed by atoms with van der Waals surface area (Å²) in [6.45, 7) is 5.98. The van der Waals surface area contributed by atoms with Crippen LogP contribution in [-0.2, 0) is 35.0 Å². The molecule has 0 unspecified atom stereocenters. The van der Waals surface area contributed by atoms with Gasteiger partial charge < -0.3 is 29.4 Å². The van der Waals surface area contributed by atoms with Crippen molar-refractivity contribution < 1.29 is 42.9 Å². The molecule has 2 N–H and O–H groups in total. The van der Waals surface area contributed by atoms with Crippen LogP contribution in [0.4, 0.5) is 4.79 Å². The summed E-state index contributed by atoms with van der Waals surface area (Å²) in [6, 6.07) is 4.66. The number of nitrogens with two attached hydrogens (primary N) is 1. The van der Waals surface area contributed by atoms with Crippen LogP contribution >= 0.6 is 0 Å². The maximum Gasteiger partial charge on any atom is 0.508 e. The molecule has 0 aliphatic rings. The van der Waals surface area contributed by atoms with E-state index in [4.69, 9.17) is 29.4 Å². The second kappa shape index (κ2) is 18.2. The van der Waals surface area contributed by atoms with Crippen LogP contribution in [0.15, 0.2) is 18.2 Å². The van der Waals surface area contributed by atoms with Crippen LogP contribution in [0.2, 0.25) is 0 Å². The van der Waals surface area contributed by atoms with Gasteiger partial charge in [0.1, 0.15) is 5.54 Å². The van der Waals surface area contributed by atoms with Crippen molar-refractivity contribution in [1.82, 2.24) is 0 Å². The van der Waals surface area contributed by atoms with Gasteiger partial charge in [0.15, 0.2) is 11.5 Å². The lowest BCUT2D eigenvalue weighted by atomic mass is 9.88. The van der Waals surface area contributed by atoms with Gasteiger partial charge in [0.25, 0.3) is 0 Å². The van der Waals surface area contributed by atoms with E-state index in [9.17, 15) is 19.2 Å². The summed E-state index contributed by atoms with van der Waals surface area (Å²) in [6.07, 6.45) is 5.29. The molecule has 0 radical (unpaired) electrons. The lowest BCUT2D eigenvalue weighted by molar-refractivity contribution is -0.147. The third-order valence-electron chi connectivity index (χ3n) is 5.73. The number of hydrogen-bond acceptors (Lipinski definition) is 10. The van der Waals surface area contributed by atoms with Gasteiger partial charge in [0, 0.05) is 25.7 Å². The molecule has 0 aliphatic heterocycles. The molecular weight excluding hydrogens is 494 g/mol. The number of benzene rings is 1. The Morgan fingerprint density at radius 1 is 0.789 bits per heavy atom. The van der Waals surface area contributed by atoms with E-state index in [2.05, 4.69) is 0 Å². The van der Waals surface area contributed by atoms with Gasteiger partial charge in [-0.25, -0.2) is 4.79 Å². The van der Waals surface area contributed by atoms with Crippen molar-refractivity contribution in [2.45, 2.75) is 96.9 Å². The van der Waals surface area contributed by atoms with Gasteiger partial charge in [0.05, 0.1) is 20.3 Å². The highest BCUT2D eigenvalue weighted by atomic mass is 16.7. The molecule has 1 atom stereocenters. The molecule has 214 valence electrons. The zero-order valence-electron chi connectivity index (χ0n) is 23.2. The monoisotopic (exact) mass is 537 g/mol. The normalized spacial score (nSPS) is 12.2. The van der Waals surface area contributed by atoms with Crippen molar-refractivity contribution in [1.29, 1.82) is 0 Å². The van der Waals surface area contributed by atoms with Crippen LogP contribution in [0.3, 0.4) is 0 Å². The molecule has 0 heterocycles. The number of methoxy groups -OCH3 is 1. The van der Waals surface area contributed by atoms with Gasteiger partial charge >= 0.3 is 24.1 Å². The van der Waals surface area contributed by atoms with E-state index in [0.717, 1.165) is 25.7 Å². The summed E-state index contributed by atoms with van der Waals surface area (Å²) in [7, 11) is 1.21. The van der Waals surface area contributed by atoms with E-state index in [1.807, 2.05) is 20.8 Å². The van der Waals surface area contributed by atoms with E-state index in [1.165, 1.54) is 19.2 Å². The molecule has 0 aromatic heterocycles. The average molecular weight is 538 g/mol. The highest BCUT2D eigenvalue weighted by Crippen LogP contribution is 2.31. The summed E-state index contributed by atoms with van der Waals surface area (Å²) in [4.78, 5) is 49.0. The zero-order valence-corrected chi connectivity index (χ0v) is 23.2. The van der Waals surface area contributed by atoms with Crippen LogP contribution in [-0.4, -0.2) is 49.9 Å². The van der Waals surface area contributed by atoms with Crippen molar-refractivity contribution in [3.63, 3.8) is 0 Å². The number of carbonyl (C=O) groups is 4. The third-order valence-corrected chi connectivity index (χ3v) is 5.73. The molecule has 0 fully saturated rings. The lowest BCUT2D eigenvalue weighted by Gasteiger charge is -2.26. The Balaban J connectivity index is 3.08. The molecule has 1 aromatic carbocycles. The largest absolute Gasteiger partial charge is 0.508 e. The molecule has 10 nitrogen and oxygen atoms in total. The average Bonchev–Trinajstić information content (AvgIpc) is 2.88. The molecule has 10 heteroatoms. The maximum absolute atomic E-state index is 12.6. The molecule has 0 saturated heterocycles. The Morgan fingerprint density at radius 2 is 1.37 bits per heavy atom. The smallest absolute Gasteiger partial charge is 0.468 e. The molecule has 0 spiro atoms. The highest BCUT2D eigenvalue weighted by molar-refractivity contribution is 5.81. The minimum Gasteiger partial charge on any atom is -0.468 e. The number of hydrogen-bond donors (Lipinski definition) is 1. The minimum atomic E-state index is -1.54. The highest BCUT2D eigenvalue weighted by Gasteiger charge is 2.36. The standard InChI is InChI=1S/C28H43NO9/c1-5-8-10-12-24(30)37-22-15-14-21(19-23(22)38-25(31)13-11-9-6-2)20-28(29,26(32)34-4)16-18-36-27(33)35-17-7-3/h14-15,19H,5-13,16-18,20,29H2,1-4H3/t28-/m1/s1. The Kier molecular flexibility index (Phi) is 15.7. The van der Waals surface area contributed by atoms with E-state index in [1.54, 1.807) is 6.07 Å². The third kappa shape index (κ3) is 12.4. The first-order valence-electron chi connectivity index (χ1n) is 13.4. The molecular formula is C28H43NO9. The molecule has 0 saturated carbocycles. The Hall–Kier alpha value is -3.14. The van der Waals surface area contributed by atoms with Gasteiger partial charge in [0.2, 0.25) is 0 Å². The summed E-state index contributed by atoms with van der Waals surface area (Å²) in [5.74, 6) is -1.40. The fraction of sp³-hybridized carbons (Fsp3) is 0.643. The number of carbonyl (C=O) groups excluding carboxylic acids is 4. The number of esters is 3. The van der Waals surface area contributed by atoms with Gasteiger partial charge in [-0.3, -0.25) is 14.4 Å². The predicted octanol–water partition coefficient (Wildman–Crippen LogP) is 5.02. The first kappa shape index (κ1) is 32.9. The molecule has 38 heavy (non-hydrogen) atoms. The number of rotatable bonds is 18. The lowest BCUT2D eigenvalue weighted by Crippen LogP contribution is -2.51. The van der Waals surface area contributed by atoms with E-state index >= 15 is 0 Å². The fourth-order valence-electron chi connectivity index (χ4n) is 3.59. The van der Waals surface area contributed by atoms with Gasteiger partial charge in [-0.1, -0.05) is 52.5 Å². The topological polar surface area (TPSA) is 140 Å². The van der Waals surface area contributed by atoms with Crippen LogP contribution in [0, 0.1) is 0 Å². The van der Waals surface area contributed by atoms with Crippen molar-refractivity contribution >= 4 is 24.1 Å². The van der Waals surface area contributed by atoms with Crippen LogP contribution in [0.1, 0.15) is 90.5 Å². The maximum atomic E-state index is 12.6. The second-order valence-corrected chi connectivity index (χ2v) is 9.16. The quantitative estimate of drug-likeness (QED) is 0.154. The Labute approximate surface area is 225 Å². The van der Waals surface area contributed by atoms with Gasteiger partial charge in [-0.05, 0) is 37.0 Å². The fourth-order valence-corrected chi connectivity index (χ4v) is 3.59. The molecule has 1 aromatic rings. The van der Waals surface area contributed by atoms with Crippen LogP contribution in [0.25, 0.3) is 0 Å². The predicted molar refractivity (Wildman–Crippen MR) is 141 cm³/mol. The summed E-state index contributed by atoms with van der Waals surface area (Å²) < 4.78 is 25.8. The van der Waals surface area contributed by atoms with Crippen molar-refractivity contribution in [2.24, 2.45) is 5.73 Å². The van der Waals surface area contributed by atoms with Crippen LogP contribution in [0.5, 0.6) is 11.5 Å². The minimum absolute atomic E-state index is 0.0157. The number of unbranched alkanes of at least 4 members (excludes halogenated alkanes) is 4. The van der Waals surface area contributed by atoms with E-state index in [-0.39, 0.29) is 50.4 Å². The summed E-state index contributed by atoms with van der Waals surface area (Å²) in [5, 5.41) is 0.